The number of hydrogen-bond acceptors (Lipinski definition) is 4. The van der Waals surface area contributed by atoms with Crippen LogP contribution >= 0.6 is 11.6 Å². The van der Waals surface area contributed by atoms with Crippen molar-refractivity contribution in [1.29, 1.82) is 0 Å². The monoisotopic (exact) mass is 373 g/mol. The Morgan fingerprint density at radius 3 is 2.58 bits per heavy atom. The van der Waals surface area contributed by atoms with Gasteiger partial charge in [0, 0.05) is 31.4 Å². The number of benzene rings is 2. The molecule has 7 nitrogen and oxygen atoms in total. The van der Waals surface area contributed by atoms with Gasteiger partial charge in [0.15, 0.2) is 0 Å². The zero-order valence-corrected chi connectivity index (χ0v) is 14.7. The van der Waals surface area contributed by atoms with Crippen molar-refractivity contribution >= 4 is 34.8 Å². The van der Waals surface area contributed by atoms with Gasteiger partial charge in [-0.1, -0.05) is 29.8 Å². The quantitative estimate of drug-likeness (QED) is 0.608. The Hall–Kier alpha value is -2.93. The van der Waals surface area contributed by atoms with E-state index in [2.05, 4.69) is 0 Å². The third-order valence-electron chi connectivity index (χ3n) is 4.43. The molecule has 0 spiro atoms. The van der Waals surface area contributed by atoms with Gasteiger partial charge in [0.05, 0.1) is 15.5 Å². The third kappa shape index (κ3) is 3.25. The Morgan fingerprint density at radius 1 is 1.27 bits per heavy atom. The molecule has 1 fully saturated rings. The smallest absolute Gasteiger partial charge is 0.270 e. The van der Waals surface area contributed by atoms with E-state index >= 15 is 0 Å². The molecule has 2 aromatic carbocycles. The second kappa shape index (κ2) is 7.13. The SMILES string of the molecule is CN(C(=O)c1ccc([N+](=O)[O-])cc1Cl)C1CCN(c2ccccc2)C1=O. The predicted molar refractivity (Wildman–Crippen MR) is 97.4 cm³/mol. The van der Waals surface area contributed by atoms with E-state index in [0.29, 0.717) is 13.0 Å². The number of nitro benzene ring substituents is 1. The average molecular weight is 374 g/mol. The predicted octanol–water partition coefficient (Wildman–Crippen LogP) is 3.13. The molecule has 2 aromatic rings. The maximum atomic E-state index is 12.7. The number of para-hydroxylation sites is 1. The van der Waals surface area contributed by atoms with E-state index in [-0.39, 0.29) is 22.2 Å². The zero-order chi connectivity index (χ0) is 18.8. The van der Waals surface area contributed by atoms with Gasteiger partial charge in [0.25, 0.3) is 11.6 Å². The maximum absolute atomic E-state index is 12.7. The van der Waals surface area contributed by atoms with Gasteiger partial charge < -0.3 is 9.80 Å². The van der Waals surface area contributed by atoms with Crippen LogP contribution in [0.1, 0.15) is 16.8 Å². The number of rotatable bonds is 4. The highest BCUT2D eigenvalue weighted by molar-refractivity contribution is 6.34. The van der Waals surface area contributed by atoms with E-state index in [4.69, 9.17) is 11.6 Å². The number of nitro groups is 1. The van der Waals surface area contributed by atoms with Crippen LogP contribution in [0.4, 0.5) is 11.4 Å². The molecule has 3 rings (SSSR count). The van der Waals surface area contributed by atoms with E-state index in [1.807, 2.05) is 30.3 Å². The van der Waals surface area contributed by atoms with Crippen LogP contribution in [0.3, 0.4) is 0 Å². The molecule has 0 aliphatic carbocycles. The molecule has 1 saturated heterocycles. The molecule has 1 aliphatic rings. The van der Waals surface area contributed by atoms with Crippen molar-refractivity contribution in [3.8, 4) is 0 Å². The Morgan fingerprint density at radius 2 is 1.96 bits per heavy atom. The second-order valence-corrected chi connectivity index (χ2v) is 6.37. The highest BCUT2D eigenvalue weighted by atomic mass is 35.5. The molecule has 26 heavy (non-hydrogen) atoms. The van der Waals surface area contributed by atoms with Crippen molar-refractivity contribution in [3.63, 3.8) is 0 Å². The minimum Gasteiger partial charge on any atom is -0.330 e. The Bertz CT molecular complexity index is 872. The van der Waals surface area contributed by atoms with Gasteiger partial charge in [-0.2, -0.15) is 0 Å². The van der Waals surface area contributed by atoms with E-state index in [9.17, 15) is 19.7 Å². The fourth-order valence-electron chi connectivity index (χ4n) is 3.01. The average Bonchev–Trinajstić information content (AvgIpc) is 3.02. The number of amides is 2. The van der Waals surface area contributed by atoms with Crippen LogP contribution in [-0.2, 0) is 4.79 Å². The Kier molecular flexibility index (Phi) is 4.90. The molecular formula is C18H16ClN3O4. The van der Waals surface area contributed by atoms with Crippen molar-refractivity contribution in [1.82, 2.24) is 4.90 Å². The van der Waals surface area contributed by atoms with E-state index in [1.54, 1.807) is 4.90 Å². The molecule has 1 aliphatic heterocycles. The zero-order valence-electron chi connectivity index (χ0n) is 14.0. The first-order valence-electron chi connectivity index (χ1n) is 7.97. The van der Waals surface area contributed by atoms with Gasteiger partial charge in [-0.3, -0.25) is 19.7 Å². The van der Waals surface area contributed by atoms with Crippen LogP contribution < -0.4 is 4.90 Å². The first-order valence-corrected chi connectivity index (χ1v) is 8.35. The standard InChI is InChI=1S/C18H16ClN3O4/c1-20(17(23)14-8-7-13(22(25)26)11-15(14)19)16-9-10-21(18(16)24)12-5-3-2-4-6-12/h2-8,11,16H,9-10H2,1H3. The van der Waals surface area contributed by atoms with Crippen molar-refractivity contribution in [2.45, 2.75) is 12.5 Å². The molecular weight excluding hydrogens is 358 g/mol. The summed E-state index contributed by atoms with van der Waals surface area (Å²) in [6.07, 6.45) is 0.501. The van der Waals surface area contributed by atoms with Crippen LogP contribution in [0.2, 0.25) is 5.02 Å². The minimum atomic E-state index is -0.603. The van der Waals surface area contributed by atoms with Crippen LogP contribution in [-0.4, -0.2) is 41.3 Å². The van der Waals surface area contributed by atoms with Gasteiger partial charge in [-0.15, -0.1) is 0 Å². The maximum Gasteiger partial charge on any atom is 0.270 e. The molecule has 0 bridgehead atoms. The van der Waals surface area contributed by atoms with Crippen molar-refractivity contribution in [2.24, 2.45) is 0 Å². The summed E-state index contributed by atoms with van der Waals surface area (Å²) in [6, 6.07) is 12.3. The van der Waals surface area contributed by atoms with E-state index in [1.165, 1.54) is 24.1 Å². The Labute approximate surface area is 154 Å². The molecule has 1 heterocycles. The second-order valence-electron chi connectivity index (χ2n) is 5.97. The number of nitrogens with zero attached hydrogens (tertiary/aromatic N) is 3. The van der Waals surface area contributed by atoms with Crippen molar-refractivity contribution in [3.05, 3.63) is 69.2 Å². The summed E-state index contributed by atoms with van der Waals surface area (Å²) in [5.74, 6) is -0.608. The lowest BCUT2D eigenvalue weighted by Crippen LogP contribution is -2.43. The summed E-state index contributed by atoms with van der Waals surface area (Å²) in [5.41, 5.74) is 0.723. The fourth-order valence-corrected chi connectivity index (χ4v) is 3.27. The third-order valence-corrected chi connectivity index (χ3v) is 4.74. The van der Waals surface area contributed by atoms with Crippen molar-refractivity contribution in [2.75, 3.05) is 18.5 Å². The summed E-state index contributed by atoms with van der Waals surface area (Å²) in [7, 11) is 1.54. The van der Waals surface area contributed by atoms with Gasteiger partial charge in [0.2, 0.25) is 5.91 Å². The topological polar surface area (TPSA) is 83.8 Å². The van der Waals surface area contributed by atoms with Crippen molar-refractivity contribution < 1.29 is 14.5 Å². The molecule has 1 unspecified atom stereocenters. The minimum absolute atomic E-state index is 0.0126. The molecule has 0 radical (unpaired) electrons. The first kappa shape index (κ1) is 17.9. The fraction of sp³-hybridized carbons (Fsp3) is 0.222. The van der Waals surface area contributed by atoms with Crippen LogP contribution in [0.15, 0.2) is 48.5 Å². The molecule has 8 heteroatoms. The summed E-state index contributed by atoms with van der Waals surface area (Å²) < 4.78 is 0. The summed E-state index contributed by atoms with van der Waals surface area (Å²) in [6.45, 7) is 0.513. The highest BCUT2D eigenvalue weighted by Gasteiger charge is 2.37. The lowest BCUT2D eigenvalue weighted by atomic mass is 10.1. The number of anilines is 1. The van der Waals surface area contributed by atoms with E-state index < -0.39 is 16.9 Å². The van der Waals surface area contributed by atoms with Crippen LogP contribution in [0, 0.1) is 10.1 Å². The van der Waals surface area contributed by atoms with Gasteiger partial charge in [-0.05, 0) is 24.6 Å². The molecule has 0 aromatic heterocycles. The number of hydrogen-bond donors (Lipinski definition) is 0. The molecule has 134 valence electrons. The number of halogens is 1. The van der Waals surface area contributed by atoms with Crippen LogP contribution in [0.25, 0.3) is 0 Å². The van der Waals surface area contributed by atoms with Gasteiger partial charge in [0.1, 0.15) is 6.04 Å². The molecule has 1 atom stereocenters. The highest BCUT2D eigenvalue weighted by Crippen LogP contribution is 2.27. The number of non-ortho nitro benzene ring substituents is 1. The van der Waals surface area contributed by atoms with Crippen LogP contribution in [0.5, 0.6) is 0 Å². The molecule has 0 N–H and O–H groups in total. The number of carbonyl (C=O) groups is 2. The lowest BCUT2D eigenvalue weighted by molar-refractivity contribution is -0.384. The largest absolute Gasteiger partial charge is 0.330 e. The molecule has 0 saturated carbocycles. The Balaban J connectivity index is 1.79. The summed E-state index contributed by atoms with van der Waals surface area (Å²) in [5, 5.41) is 10.8. The van der Waals surface area contributed by atoms with E-state index in [0.717, 1.165) is 11.8 Å². The van der Waals surface area contributed by atoms with Gasteiger partial charge >= 0.3 is 0 Å². The number of carbonyl (C=O) groups excluding carboxylic acids is 2. The lowest BCUT2D eigenvalue weighted by Gasteiger charge is -2.24. The molecule has 2 amide bonds. The normalized spacial score (nSPS) is 16.6. The summed E-state index contributed by atoms with van der Waals surface area (Å²) >= 11 is 6.03. The first-order chi connectivity index (χ1) is 12.4. The number of likely N-dealkylation sites (N-methyl/N-ethyl adjacent to an activating group) is 1. The van der Waals surface area contributed by atoms with Gasteiger partial charge in [-0.25, -0.2) is 0 Å². The summed E-state index contributed by atoms with van der Waals surface area (Å²) in [4.78, 5) is 38.6.